The standard InChI is InChI=1S/C15H21BrN2/c1-10-4-3-5-14(15(10)16)17-12-8-11(2)18(9-12)13-6-7-13/h3-5,11-13,17H,6-9H2,1-2H3. The largest absolute Gasteiger partial charge is 0.380 e. The molecule has 1 saturated heterocycles. The van der Waals surface area contributed by atoms with Crippen molar-refractivity contribution in [2.75, 3.05) is 11.9 Å². The van der Waals surface area contributed by atoms with Crippen molar-refractivity contribution in [1.82, 2.24) is 4.90 Å². The Labute approximate surface area is 118 Å². The van der Waals surface area contributed by atoms with Gasteiger partial charge in [0.2, 0.25) is 0 Å². The van der Waals surface area contributed by atoms with Gasteiger partial charge in [-0.15, -0.1) is 0 Å². The maximum atomic E-state index is 3.70. The smallest absolute Gasteiger partial charge is 0.0489 e. The zero-order chi connectivity index (χ0) is 12.7. The van der Waals surface area contributed by atoms with Crippen LogP contribution < -0.4 is 5.32 Å². The summed E-state index contributed by atoms with van der Waals surface area (Å²) in [4.78, 5) is 2.68. The number of rotatable bonds is 3. The average Bonchev–Trinajstić information content (AvgIpc) is 3.10. The molecule has 0 radical (unpaired) electrons. The molecule has 1 aliphatic heterocycles. The van der Waals surface area contributed by atoms with Crippen LogP contribution in [0, 0.1) is 6.92 Å². The number of anilines is 1. The quantitative estimate of drug-likeness (QED) is 0.914. The van der Waals surface area contributed by atoms with Gasteiger partial charge in [-0.2, -0.15) is 0 Å². The molecule has 1 N–H and O–H groups in total. The van der Waals surface area contributed by atoms with Gasteiger partial charge in [-0.1, -0.05) is 12.1 Å². The van der Waals surface area contributed by atoms with E-state index in [1.165, 1.54) is 41.5 Å². The Kier molecular flexibility index (Phi) is 3.37. The second kappa shape index (κ2) is 4.86. The predicted molar refractivity (Wildman–Crippen MR) is 80.1 cm³/mol. The van der Waals surface area contributed by atoms with Gasteiger partial charge in [-0.25, -0.2) is 0 Å². The zero-order valence-electron chi connectivity index (χ0n) is 11.1. The second-order valence-electron chi connectivity index (χ2n) is 5.79. The number of halogens is 1. The van der Waals surface area contributed by atoms with Crippen LogP contribution in [0.5, 0.6) is 0 Å². The summed E-state index contributed by atoms with van der Waals surface area (Å²) >= 11 is 3.68. The van der Waals surface area contributed by atoms with Crippen molar-refractivity contribution in [2.45, 2.75) is 51.2 Å². The van der Waals surface area contributed by atoms with Crippen LogP contribution in [0.1, 0.15) is 31.7 Å². The third kappa shape index (κ3) is 2.43. The number of benzene rings is 1. The lowest BCUT2D eigenvalue weighted by atomic mass is 10.1. The van der Waals surface area contributed by atoms with E-state index in [4.69, 9.17) is 0 Å². The molecule has 98 valence electrons. The molecule has 2 aliphatic rings. The van der Waals surface area contributed by atoms with Gasteiger partial charge in [0.1, 0.15) is 0 Å². The summed E-state index contributed by atoms with van der Waals surface area (Å²) in [5.74, 6) is 0. The molecule has 1 aromatic carbocycles. The summed E-state index contributed by atoms with van der Waals surface area (Å²) in [6, 6.07) is 8.65. The van der Waals surface area contributed by atoms with Crippen LogP contribution in [0.2, 0.25) is 0 Å². The van der Waals surface area contributed by atoms with Crippen molar-refractivity contribution in [3.05, 3.63) is 28.2 Å². The van der Waals surface area contributed by atoms with E-state index in [2.05, 4.69) is 58.2 Å². The molecule has 2 atom stereocenters. The summed E-state index contributed by atoms with van der Waals surface area (Å²) < 4.78 is 1.21. The van der Waals surface area contributed by atoms with Gasteiger partial charge >= 0.3 is 0 Å². The molecule has 0 amide bonds. The summed E-state index contributed by atoms with van der Waals surface area (Å²) in [7, 11) is 0. The Hall–Kier alpha value is -0.540. The second-order valence-corrected chi connectivity index (χ2v) is 6.58. The number of likely N-dealkylation sites (tertiary alicyclic amines) is 1. The first-order valence-corrected chi connectivity index (χ1v) is 7.72. The molecule has 1 aromatic rings. The van der Waals surface area contributed by atoms with E-state index in [9.17, 15) is 0 Å². The molecular formula is C15H21BrN2. The third-order valence-corrected chi connectivity index (χ3v) is 5.24. The predicted octanol–water partition coefficient (Wildman–Crippen LogP) is 3.79. The van der Waals surface area contributed by atoms with Crippen molar-refractivity contribution in [2.24, 2.45) is 0 Å². The Bertz CT molecular complexity index is 442. The van der Waals surface area contributed by atoms with E-state index in [0.717, 1.165) is 12.1 Å². The number of nitrogens with one attached hydrogen (secondary N) is 1. The molecule has 18 heavy (non-hydrogen) atoms. The van der Waals surface area contributed by atoms with E-state index in [1.54, 1.807) is 0 Å². The van der Waals surface area contributed by atoms with Crippen LogP contribution in [0.3, 0.4) is 0 Å². The SMILES string of the molecule is Cc1cccc(NC2CC(C)N(C3CC3)C2)c1Br. The third-order valence-electron chi connectivity index (χ3n) is 4.19. The number of nitrogens with zero attached hydrogens (tertiary/aromatic N) is 1. The molecule has 1 aliphatic carbocycles. The van der Waals surface area contributed by atoms with Crippen molar-refractivity contribution < 1.29 is 0 Å². The first kappa shape index (κ1) is 12.5. The lowest BCUT2D eigenvalue weighted by Gasteiger charge is -2.20. The summed E-state index contributed by atoms with van der Waals surface area (Å²) in [5, 5.41) is 3.70. The monoisotopic (exact) mass is 308 g/mol. The van der Waals surface area contributed by atoms with Crippen LogP contribution in [-0.4, -0.2) is 29.6 Å². The molecule has 3 heteroatoms. The Morgan fingerprint density at radius 2 is 2.11 bits per heavy atom. The minimum absolute atomic E-state index is 0.596. The van der Waals surface area contributed by atoms with Crippen LogP contribution in [0.15, 0.2) is 22.7 Å². The van der Waals surface area contributed by atoms with E-state index < -0.39 is 0 Å². The minimum atomic E-state index is 0.596. The fraction of sp³-hybridized carbons (Fsp3) is 0.600. The highest BCUT2D eigenvalue weighted by Crippen LogP contribution is 2.35. The van der Waals surface area contributed by atoms with Crippen molar-refractivity contribution >= 4 is 21.6 Å². The Morgan fingerprint density at radius 3 is 2.83 bits per heavy atom. The number of aryl methyl sites for hydroxylation is 1. The molecule has 2 unspecified atom stereocenters. The lowest BCUT2D eigenvalue weighted by Crippen LogP contribution is -2.31. The molecular weight excluding hydrogens is 288 g/mol. The van der Waals surface area contributed by atoms with E-state index in [-0.39, 0.29) is 0 Å². The fourth-order valence-electron chi connectivity index (χ4n) is 3.05. The van der Waals surface area contributed by atoms with Crippen molar-refractivity contribution in [3.8, 4) is 0 Å². The number of hydrogen-bond acceptors (Lipinski definition) is 2. The molecule has 2 fully saturated rings. The van der Waals surface area contributed by atoms with Gasteiger partial charge in [0, 0.05) is 34.8 Å². The molecule has 2 nitrogen and oxygen atoms in total. The van der Waals surface area contributed by atoms with Crippen LogP contribution in [0.25, 0.3) is 0 Å². The van der Waals surface area contributed by atoms with Crippen molar-refractivity contribution in [1.29, 1.82) is 0 Å². The highest BCUT2D eigenvalue weighted by molar-refractivity contribution is 9.10. The molecule has 1 heterocycles. The normalized spacial score (nSPS) is 28.6. The van der Waals surface area contributed by atoms with Gasteiger partial charge < -0.3 is 5.32 Å². The van der Waals surface area contributed by atoms with E-state index in [0.29, 0.717) is 6.04 Å². The first-order valence-electron chi connectivity index (χ1n) is 6.92. The number of hydrogen-bond donors (Lipinski definition) is 1. The topological polar surface area (TPSA) is 15.3 Å². The van der Waals surface area contributed by atoms with Gasteiger partial charge in [-0.3, -0.25) is 4.90 Å². The Balaban J connectivity index is 1.68. The van der Waals surface area contributed by atoms with Gasteiger partial charge in [-0.05, 0) is 60.7 Å². The molecule has 0 bridgehead atoms. The maximum Gasteiger partial charge on any atom is 0.0489 e. The van der Waals surface area contributed by atoms with Gasteiger partial charge in [0.05, 0.1) is 0 Å². The summed E-state index contributed by atoms with van der Waals surface area (Å²) in [6.07, 6.45) is 4.08. The molecule has 1 saturated carbocycles. The zero-order valence-corrected chi connectivity index (χ0v) is 12.7. The fourth-order valence-corrected chi connectivity index (χ4v) is 3.43. The maximum absolute atomic E-state index is 3.70. The molecule has 0 aromatic heterocycles. The highest BCUT2D eigenvalue weighted by Gasteiger charge is 2.38. The van der Waals surface area contributed by atoms with Crippen LogP contribution >= 0.6 is 15.9 Å². The highest BCUT2D eigenvalue weighted by atomic mass is 79.9. The minimum Gasteiger partial charge on any atom is -0.380 e. The first-order chi connectivity index (χ1) is 8.65. The van der Waals surface area contributed by atoms with Gasteiger partial charge in [0.15, 0.2) is 0 Å². The molecule has 3 rings (SSSR count). The van der Waals surface area contributed by atoms with E-state index in [1.807, 2.05) is 0 Å². The summed E-state index contributed by atoms with van der Waals surface area (Å²) in [6.45, 7) is 5.71. The van der Waals surface area contributed by atoms with E-state index >= 15 is 0 Å². The summed E-state index contributed by atoms with van der Waals surface area (Å²) in [5.41, 5.74) is 2.54. The van der Waals surface area contributed by atoms with Crippen LogP contribution in [-0.2, 0) is 0 Å². The van der Waals surface area contributed by atoms with Crippen LogP contribution in [0.4, 0.5) is 5.69 Å². The van der Waals surface area contributed by atoms with Gasteiger partial charge in [0.25, 0.3) is 0 Å². The average molecular weight is 309 g/mol. The molecule has 0 spiro atoms. The Morgan fingerprint density at radius 1 is 1.33 bits per heavy atom. The lowest BCUT2D eigenvalue weighted by molar-refractivity contribution is 0.257. The van der Waals surface area contributed by atoms with Crippen molar-refractivity contribution in [3.63, 3.8) is 0 Å².